The fraction of sp³-hybridized carbons (Fsp3) is 0.333. The molecule has 1 aromatic heterocycles. The Morgan fingerprint density at radius 1 is 1.09 bits per heavy atom. The van der Waals surface area contributed by atoms with Crippen LogP contribution in [-0.2, 0) is 10.0 Å². The topological polar surface area (TPSA) is 95.2 Å². The number of benzene rings is 2. The molecule has 1 unspecified atom stereocenters. The normalized spacial score (nSPS) is 12.7. The number of amides is 1. The molecular formula is C24H30N4O3S. The molecule has 7 nitrogen and oxygen atoms in total. The number of nitrogens with zero attached hydrogens (tertiary/aromatic N) is 2. The monoisotopic (exact) mass is 454 g/mol. The van der Waals surface area contributed by atoms with Gasteiger partial charge in [0.05, 0.1) is 22.8 Å². The van der Waals surface area contributed by atoms with E-state index in [1.165, 1.54) is 10.4 Å². The highest BCUT2D eigenvalue weighted by molar-refractivity contribution is 7.89. The van der Waals surface area contributed by atoms with E-state index in [2.05, 4.69) is 15.3 Å². The number of carbonyl (C=O) groups excluding carboxylic acids is 1. The molecule has 2 N–H and O–H groups in total. The Labute approximate surface area is 189 Å². The van der Waals surface area contributed by atoms with Crippen LogP contribution >= 0.6 is 0 Å². The van der Waals surface area contributed by atoms with E-state index >= 15 is 0 Å². The first-order chi connectivity index (χ1) is 15.3. The van der Waals surface area contributed by atoms with Gasteiger partial charge >= 0.3 is 0 Å². The molecule has 8 heteroatoms. The van der Waals surface area contributed by atoms with Crippen molar-refractivity contribution in [2.45, 2.75) is 45.1 Å². The van der Waals surface area contributed by atoms with Gasteiger partial charge in [-0.3, -0.25) is 4.79 Å². The van der Waals surface area contributed by atoms with Crippen LogP contribution in [0.3, 0.4) is 0 Å². The van der Waals surface area contributed by atoms with Crippen LogP contribution < -0.4 is 5.32 Å². The van der Waals surface area contributed by atoms with E-state index in [1.807, 2.05) is 37.3 Å². The highest BCUT2D eigenvalue weighted by Gasteiger charge is 2.24. The highest BCUT2D eigenvalue weighted by Crippen LogP contribution is 2.23. The quantitative estimate of drug-likeness (QED) is 0.504. The summed E-state index contributed by atoms with van der Waals surface area (Å²) in [5.74, 6) is 0.327. The van der Waals surface area contributed by atoms with Gasteiger partial charge in [0, 0.05) is 18.7 Å². The fourth-order valence-electron chi connectivity index (χ4n) is 3.60. The Bertz CT molecular complexity index is 1170. The third kappa shape index (κ3) is 4.92. The van der Waals surface area contributed by atoms with Crippen LogP contribution in [-0.4, -0.2) is 41.7 Å². The lowest BCUT2D eigenvalue weighted by molar-refractivity contribution is 0.0933. The number of hydrogen-bond acceptors (Lipinski definition) is 4. The molecule has 0 fully saturated rings. The molecule has 3 rings (SSSR count). The number of hydrogen-bond donors (Lipinski definition) is 2. The number of imidazole rings is 1. The summed E-state index contributed by atoms with van der Waals surface area (Å²) in [6, 6.07) is 14.2. The van der Waals surface area contributed by atoms with Crippen LogP contribution in [0.4, 0.5) is 0 Å². The SMILES string of the molecule is CCC(NC(=O)c1cc(S(=O)(=O)N(CC)CC)ccc1C)c1ncc(-c2ccccc2)[nH]1. The lowest BCUT2D eigenvalue weighted by Crippen LogP contribution is -2.32. The summed E-state index contributed by atoms with van der Waals surface area (Å²) in [6.45, 7) is 8.08. The number of aromatic amines is 1. The van der Waals surface area contributed by atoms with E-state index in [4.69, 9.17) is 0 Å². The van der Waals surface area contributed by atoms with Crippen molar-refractivity contribution in [2.24, 2.45) is 0 Å². The Morgan fingerprint density at radius 3 is 2.41 bits per heavy atom. The van der Waals surface area contributed by atoms with Gasteiger partial charge in [-0.2, -0.15) is 4.31 Å². The molecule has 0 saturated heterocycles. The van der Waals surface area contributed by atoms with Crippen LogP contribution in [0.25, 0.3) is 11.3 Å². The van der Waals surface area contributed by atoms with E-state index in [9.17, 15) is 13.2 Å². The van der Waals surface area contributed by atoms with E-state index in [1.54, 1.807) is 39.1 Å². The van der Waals surface area contributed by atoms with Crippen molar-refractivity contribution in [3.63, 3.8) is 0 Å². The highest BCUT2D eigenvalue weighted by atomic mass is 32.2. The molecule has 0 aliphatic carbocycles. The van der Waals surface area contributed by atoms with Crippen LogP contribution in [0.1, 0.15) is 55.0 Å². The van der Waals surface area contributed by atoms with Crippen molar-refractivity contribution in [3.05, 3.63) is 71.7 Å². The smallest absolute Gasteiger partial charge is 0.252 e. The molecule has 0 bridgehead atoms. The summed E-state index contributed by atoms with van der Waals surface area (Å²) < 4.78 is 27.2. The average Bonchev–Trinajstić information content (AvgIpc) is 3.29. The number of rotatable bonds is 9. The summed E-state index contributed by atoms with van der Waals surface area (Å²) >= 11 is 0. The molecule has 1 heterocycles. The maximum absolute atomic E-state index is 13.1. The number of H-pyrrole nitrogens is 1. The summed E-state index contributed by atoms with van der Waals surface area (Å²) in [5, 5.41) is 3.00. The van der Waals surface area contributed by atoms with Crippen molar-refractivity contribution in [2.75, 3.05) is 13.1 Å². The van der Waals surface area contributed by atoms with Crippen molar-refractivity contribution in [1.82, 2.24) is 19.6 Å². The van der Waals surface area contributed by atoms with Gasteiger partial charge in [-0.15, -0.1) is 0 Å². The third-order valence-corrected chi connectivity index (χ3v) is 7.57. The van der Waals surface area contributed by atoms with Crippen LogP contribution in [0.15, 0.2) is 59.6 Å². The Morgan fingerprint density at radius 2 is 1.78 bits per heavy atom. The van der Waals surface area contributed by atoms with Gasteiger partial charge in [0.15, 0.2) is 0 Å². The largest absolute Gasteiger partial charge is 0.342 e. The van der Waals surface area contributed by atoms with E-state index < -0.39 is 10.0 Å². The minimum atomic E-state index is -3.65. The zero-order chi connectivity index (χ0) is 23.3. The Balaban J connectivity index is 1.85. The van der Waals surface area contributed by atoms with Crippen LogP contribution in [0.2, 0.25) is 0 Å². The maximum Gasteiger partial charge on any atom is 0.252 e. The zero-order valence-electron chi connectivity index (χ0n) is 18.9. The van der Waals surface area contributed by atoms with Gasteiger partial charge in [-0.25, -0.2) is 13.4 Å². The fourth-order valence-corrected chi connectivity index (χ4v) is 5.08. The van der Waals surface area contributed by atoms with Crippen molar-refractivity contribution >= 4 is 15.9 Å². The molecule has 0 aliphatic heterocycles. The van der Waals surface area contributed by atoms with Gasteiger partial charge in [-0.05, 0) is 36.6 Å². The second-order valence-electron chi connectivity index (χ2n) is 7.55. The van der Waals surface area contributed by atoms with E-state index in [0.29, 0.717) is 36.5 Å². The molecule has 0 saturated carbocycles. The average molecular weight is 455 g/mol. The molecule has 0 spiro atoms. The number of sulfonamides is 1. The standard InChI is InChI=1S/C24H30N4O3S/c1-5-21(23-25-16-22(26-23)18-11-9-8-10-12-18)27-24(29)20-15-19(14-13-17(20)4)32(30,31)28(6-2)7-3/h8-16,21H,5-7H2,1-4H3,(H,25,26)(H,27,29). The van der Waals surface area contributed by atoms with Gasteiger partial charge in [0.25, 0.3) is 5.91 Å². The molecule has 170 valence electrons. The Hall–Kier alpha value is -2.97. The predicted octanol–water partition coefficient (Wildman–Crippen LogP) is 4.30. The minimum absolute atomic E-state index is 0.120. The number of aromatic nitrogens is 2. The number of nitrogens with one attached hydrogen (secondary N) is 2. The van der Waals surface area contributed by atoms with Crippen LogP contribution in [0, 0.1) is 6.92 Å². The molecule has 32 heavy (non-hydrogen) atoms. The van der Waals surface area contributed by atoms with Crippen LogP contribution in [0.5, 0.6) is 0 Å². The van der Waals surface area contributed by atoms with Crippen molar-refractivity contribution < 1.29 is 13.2 Å². The molecule has 1 amide bonds. The second-order valence-corrected chi connectivity index (χ2v) is 9.49. The minimum Gasteiger partial charge on any atom is -0.342 e. The lowest BCUT2D eigenvalue weighted by atomic mass is 10.1. The van der Waals surface area contributed by atoms with Gasteiger partial charge in [-0.1, -0.05) is 57.2 Å². The van der Waals surface area contributed by atoms with Gasteiger partial charge in [0.1, 0.15) is 5.82 Å². The summed E-state index contributed by atoms with van der Waals surface area (Å²) in [7, 11) is -3.65. The van der Waals surface area contributed by atoms with Gasteiger partial charge < -0.3 is 10.3 Å². The molecule has 1 atom stereocenters. The molecule has 0 aliphatic rings. The van der Waals surface area contributed by atoms with E-state index in [0.717, 1.165) is 11.3 Å². The third-order valence-electron chi connectivity index (χ3n) is 5.52. The summed E-state index contributed by atoms with van der Waals surface area (Å²) in [5.41, 5.74) is 2.93. The summed E-state index contributed by atoms with van der Waals surface area (Å²) in [4.78, 5) is 21.0. The molecule has 2 aromatic carbocycles. The zero-order valence-corrected chi connectivity index (χ0v) is 19.7. The predicted molar refractivity (Wildman–Crippen MR) is 126 cm³/mol. The maximum atomic E-state index is 13.1. The summed E-state index contributed by atoms with van der Waals surface area (Å²) in [6.07, 6.45) is 2.38. The van der Waals surface area contributed by atoms with Gasteiger partial charge in [0.2, 0.25) is 10.0 Å². The molecule has 0 radical (unpaired) electrons. The molecular weight excluding hydrogens is 424 g/mol. The van der Waals surface area contributed by atoms with Crippen molar-refractivity contribution in [1.29, 1.82) is 0 Å². The second kappa shape index (κ2) is 10.1. The number of aryl methyl sites for hydroxylation is 1. The first kappa shape index (κ1) is 23.7. The Kier molecular flexibility index (Phi) is 7.48. The lowest BCUT2D eigenvalue weighted by Gasteiger charge is -2.20. The number of carbonyl (C=O) groups is 1. The first-order valence-corrected chi connectivity index (χ1v) is 12.3. The first-order valence-electron chi connectivity index (χ1n) is 10.8. The van der Waals surface area contributed by atoms with Crippen molar-refractivity contribution in [3.8, 4) is 11.3 Å². The molecule has 3 aromatic rings. The van der Waals surface area contributed by atoms with E-state index in [-0.39, 0.29) is 16.8 Å².